The lowest BCUT2D eigenvalue weighted by molar-refractivity contribution is 0.444. The Hall–Kier alpha value is -1.11. The molecule has 1 aromatic carbocycles. The van der Waals surface area contributed by atoms with Crippen LogP contribution in [-0.4, -0.2) is 12.3 Å². The van der Waals surface area contributed by atoms with E-state index >= 15 is 0 Å². The molecule has 0 saturated heterocycles. The Morgan fingerprint density at radius 3 is 2.00 bits per heavy atom. The zero-order valence-electron chi connectivity index (χ0n) is 18.5. The van der Waals surface area contributed by atoms with Crippen LogP contribution < -0.4 is 0 Å². The summed E-state index contributed by atoms with van der Waals surface area (Å²) in [6, 6.07) is 5.16. The van der Waals surface area contributed by atoms with Crippen LogP contribution in [0.25, 0.3) is 0 Å². The molecule has 0 aromatic heterocycles. The normalized spacial score (nSPS) is 15.2. The average molecular weight is 346 g/mol. The van der Waals surface area contributed by atoms with Gasteiger partial charge in [-0.05, 0) is 48.8 Å². The quantitative estimate of drug-likeness (QED) is 0.485. The molecular formula is C24H43N. The summed E-state index contributed by atoms with van der Waals surface area (Å²) in [5.74, 6) is 0. The molecule has 0 N–H and O–H groups in total. The molecule has 1 heteroatoms. The van der Waals surface area contributed by atoms with E-state index < -0.39 is 0 Å². The molecule has 0 aliphatic heterocycles. The van der Waals surface area contributed by atoms with Crippen LogP contribution in [0.5, 0.6) is 0 Å². The van der Waals surface area contributed by atoms with Crippen molar-refractivity contribution in [3.63, 3.8) is 0 Å². The smallest absolute Gasteiger partial charge is 0.0499 e. The zero-order valence-corrected chi connectivity index (χ0v) is 18.5. The Labute approximate surface area is 158 Å². The van der Waals surface area contributed by atoms with Gasteiger partial charge in [0.25, 0.3) is 0 Å². The summed E-state index contributed by atoms with van der Waals surface area (Å²) in [6.45, 7) is 19.5. The van der Waals surface area contributed by atoms with Crippen LogP contribution in [-0.2, 0) is 5.41 Å². The summed E-state index contributed by atoms with van der Waals surface area (Å²) in [7, 11) is 0. The molecule has 0 bridgehead atoms. The maximum absolute atomic E-state index is 4.85. The van der Waals surface area contributed by atoms with Crippen molar-refractivity contribution in [1.82, 2.24) is 0 Å². The lowest BCUT2D eigenvalue weighted by atomic mass is 9.81. The van der Waals surface area contributed by atoms with Crippen molar-refractivity contribution in [1.29, 1.82) is 0 Å². The van der Waals surface area contributed by atoms with Crippen molar-refractivity contribution in [3.8, 4) is 0 Å². The lowest BCUT2D eigenvalue weighted by Gasteiger charge is -2.24. The van der Waals surface area contributed by atoms with E-state index in [1.165, 1.54) is 60.8 Å². The number of hydrogen-bond acceptors (Lipinski definition) is 1. The molecular weight excluding hydrogens is 302 g/mol. The fourth-order valence-electron chi connectivity index (χ4n) is 3.22. The molecule has 0 unspecified atom stereocenters. The molecule has 2 rings (SSSR count). The average Bonchev–Trinajstić information content (AvgIpc) is 2.58. The van der Waals surface area contributed by atoms with E-state index in [-0.39, 0.29) is 5.41 Å². The molecule has 0 atom stereocenters. The predicted octanol–water partition coefficient (Wildman–Crippen LogP) is 7.80. The number of nitrogens with zero attached hydrogens (tertiary/aromatic N) is 1. The van der Waals surface area contributed by atoms with Crippen LogP contribution >= 0.6 is 0 Å². The van der Waals surface area contributed by atoms with E-state index in [1.54, 1.807) is 0 Å². The van der Waals surface area contributed by atoms with Crippen molar-refractivity contribution in [2.75, 3.05) is 0 Å². The molecule has 0 amide bonds. The van der Waals surface area contributed by atoms with Crippen LogP contribution in [0.2, 0.25) is 0 Å². The van der Waals surface area contributed by atoms with Crippen LogP contribution in [0.1, 0.15) is 109 Å². The summed E-state index contributed by atoms with van der Waals surface area (Å²) < 4.78 is 0. The molecule has 0 spiro atoms. The van der Waals surface area contributed by atoms with Crippen molar-refractivity contribution in [2.24, 2.45) is 4.99 Å². The van der Waals surface area contributed by atoms with Crippen LogP contribution in [0.3, 0.4) is 0 Å². The van der Waals surface area contributed by atoms with E-state index in [1.807, 2.05) is 13.8 Å². The maximum Gasteiger partial charge on any atom is 0.0499 e. The highest BCUT2D eigenvalue weighted by Gasteiger charge is 2.18. The van der Waals surface area contributed by atoms with Gasteiger partial charge in [-0.3, -0.25) is 4.99 Å². The summed E-state index contributed by atoms with van der Waals surface area (Å²) >= 11 is 0. The summed E-state index contributed by atoms with van der Waals surface area (Å²) in [6.07, 6.45) is 10.0. The molecule has 144 valence electrons. The van der Waals surface area contributed by atoms with Gasteiger partial charge in [0, 0.05) is 12.3 Å². The van der Waals surface area contributed by atoms with Crippen molar-refractivity contribution in [3.05, 3.63) is 34.4 Å². The largest absolute Gasteiger partial charge is 0.289 e. The fourth-order valence-corrected chi connectivity index (χ4v) is 3.22. The Kier molecular flexibility index (Phi) is 11.7. The number of rotatable bonds is 2. The first-order valence-electron chi connectivity index (χ1n) is 10.4. The Bertz CT molecular complexity index is 500. The predicted molar refractivity (Wildman–Crippen MR) is 116 cm³/mol. The maximum atomic E-state index is 4.85. The van der Waals surface area contributed by atoms with Gasteiger partial charge < -0.3 is 0 Å². The molecule has 1 aliphatic rings. The Morgan fingerprint density at radius 2 is 1.52 bits per heavy atom. The van der Waals surface area contributed by atoms with Gasteiger partial charge in [-0.25, -0.2) is 0 Å². The first-order chi connectivity index (χ1) is 11.8. The van der Waals surface area contributed by atoms with Gasteiger partial charge in [-0.15, -0.1) is 0 Å². The molecule has 1 aliphatic carbocycles. The highest BCUT2D eigenvalue weighted by Crippen LogP contribution is 2.28. The zero-order chi connectivity index (χ0) is 19.5. The number of aryl methyl sites for hydroxylation is 1. The van der Waals surface area contributed by atoms with E-state index in [0.717, 1.165) is 0 Å². The first kappa shape index (κ1) is 23.9. The van der Waals surface area contributed by atoms with Gasteiger partial charge in [0.05, 0.1) is 0 Å². The summed E-state index contributed by atoms with van der Waals surface area (Å²) in [5.41, 5.74) is 5.68. The van der Waals surface area contributed by atoms with Gasteiger partial charge in [0.2, 0.25) is 0 Å². The second kappa shape index (κ2) is 12.3. The van der Waals surface area contributed by atoms with Crippen LogP contribution in [0.15, 0.2) is 17.1 Å². The highest BCUT2D eigenvalue weighted by molar-refractivity contribution is 5.83. The SMILES string of the molecule is CC.CCC.Cc1cc(C=NC2CCCCC2)c(C)c(C(C)(C)C)c1. The van der Waals surface area contributed by atoms with Crippen molar-refractivity contribution < 1.29 is 0 Å². The molecule has 1 saturated carbocycles. The molecule has 0 radical (unpaired) electrons. The number of aliphatic imine (C=N–C) groups is 1. The molecule has 0 heterocycles. The van der Waals surface area contributed by atoms with E-state index in [0.29, 0.717) is 6.04 Å². The van der Waals surface area contributed by atoms with Crippen LogP contribution in [0, 0.1) is 13.8 Å². The third kappa shape index (κ3) is 8.70. The van der Waals surface area contributed by atoms with Gasteiger partial charge in [-0.1, -0.05) is 91.8 Å². The second-order valence-electron chi connectivity index (χ2n) is 8.05. The molecule has 25 heavy (non-hydrogen) atoms. The van der Waals surface area contributed by atoms with Gasteiger partial charge in [-0.2, -0.15) is 0 Å². The fraction of sp³-hybridized carbons (Fsp3) is 0.708. The number of benzene rings is 1. The topological polar surface area (TPSA) is 12.4 Å². The lowest BCUT2D eigenvalue weighted by Crippen LogP contribution is -2.15. The first-order valence-corrected chi connectivity index (χ1v) is 10.4. The van der Waals surface area contributed by atoms with E-state index in [9.17, 15) is 0 Å². The van der Waals surface area contributed by atoms with Gasteiger partial charge in [0.1, 0.15) is 0 Å². The Morgan fingerprint density at radius 1 is 1.00 bits per heavy atom. The monoisotopic (exact) mass is 345 g/mol. The second-order valence-corrected chi connectivity index (χ2v) is 8.05. The van der Waals surface area contributed by atoms with Crippen LogP contribution in [0.4, 0.5) is 0 Å². The summed E-state index contributed by atoms with van der Waals surface area (Å²) in [4.78, 5) is 4.85. The Balaban J connectivity index is 0.00000104. The van der Waals surface area contributed by atoms with E-state index in [2.05, 4.69) is 66.8 Å². The van der Waals surface area contributed by atoms with Crippen molar-refractivity contribution >= 4 is 6.21 Å². The third-order valence-corrected chi connectivity index (χ3v) is 4.40. The molecule has 1 aromatic rings. The molecule has 1 fully saturated rings. The van der Waals surface area contributed by atoms with E-state index in [4.69, 9.17) is 4.99 Å². The minimum atomic E-state index is 0.198. The highest BCUT2D eigenvalue weighted by atomic mass is 14.8. The van der Waals surface area contributed by atoms with Gasteiger partial charge >= 0.3 is 0 Å². The van der Waals surface area contributed by atoms with Gasteiger partial charge in [0.15, 0.2) is 0 Å². The third-order valence-electron chi connectivity index (χ3n) is 4.40. The van der Waals surface area contributed by atoms with Crippen molar-refractivity contribution in [2.45, 2.75) is 112 Å². The molecule has 1 nitrogen and oxygen atoms in total. The number of hydrogen-bond donors (Lipinski definition) is 0. The minimum Gasteiger partial charge on any atom is -0.289 e. The summed E-state index contributed by atoms with van der Waals surface area (Å²) in [5, 5.41) is 0. The minimum absolute atomic E-state index is 0.198. The standard InChI is InChI=1S/C19H29N.C3H8.C2H6/c1-14-11-16(13-20-17-9-7-6-8-10-17)15(2)18(12-14)19(3,4)5;1-3-2;1-2/h11-13,17H,6-10H2,1-5H3;3H2,1-2H3;1-2H3.